The fraction of sp³-hybridized carbons (Fsp3) is 0.417. The van der Waals surface area contributed by atoms with Crippen LogP contribution in [0.2, 0.25) is 0 Å². The number of rotatable bonds is 8. The molecule has 3 atom stereocenters. The number of nitrogens with one attached hydrogen (secondary N) is 2. The lowest BCUT2D eigenvalue weighted by molar-refractivity contribution is -0.141. The molecule has 0 bridgehead atoms. The van der Waals surface area contributed by atoms with Gasteiger partial charge in [0.25, 0.3) is 5.91 Å². The van der Waals surface area contributed by atoms with Gasteiger partial charge in [-0.15, -0.1) is 0 Å². The normalized spacial score (nSPS) is 19.1. The van der Waals surface area contributed by atoms with E-state index >= 15 is 0 Å². The molecule has 32 heavy (non-hydrogen) atoms. The van der Waals surface area contributed by atoms with Crippen LogP contribution in [0.25, 0.3) is 0 Å². The fourth-order valence-corrected chi connectivity index (χ4v) is 3.71. The van der Waals surface area contributed by atoms with Gasteiger partial charge >= 0.3 is 0 Å². The third kappa shape index (κ3) is 4.96. The molecule has 1 saturated heterocycles. The summed E-state index contributed by atoms with van der Waals surface area (Å²) in [7, 11) is 4.66. The Bertz CT molecular complexity index is 938. The number of carbonyl (C=O) groups is 2. The lowest BCUT2D eigenvalue weighted by atomic mass is 9.88. The van der Waals surface area contributed by atoms with Gasteiger partial charge in [-0.05, 0) is 69.3 Å². The van der Waals surface area contributed by atoms with Crippen LogP contribution in [-0.4, -0.2) is 56.9 Å². The quantitative estimate of drug-likeness (QED) is 0.613. The van der Waals surface area contributed by atoms with E-state index in [2.05, 4.69) is 10.6 Å². The van der Waals surface area contributed by atoms with Gasteiger partial charge in [0.1, 0.15) is 23.6 Å². The molecular formula is C24H31N3O5. The molecule has 2 N–H and O–H groups in total. The van der Waals surface area contributed by atoms with Crippen LogP contribution in [0.1, 0.15) is 20.8 Å². The lowest BCUT2D eigenvalue weighted by Gasteiger charge is -2.49. The summed E-state index contributed by atoms with van der Waals surface area (Å²) >= 11 is 0. The summed E-state index contributed by atoms with van der Waals surface area (Å²) in [5.41, 5.74) is 0.945. The van der Waals surface area contributed by atoms with Crippen LogP contribution in [0.15, 0.2) is 48.5 Å². The summed E-state index contributed by atoms with van der Waals surface area (Å²) in [4.78, 5) is 27.8. The Morgan fingerprint density at radius 2 is 1.47 bits per heavy atom. The average Bonchev–Trinajstić information content (AvgIpc) is 2.76. The van der Waals surface area contributed by atoms with Crippen LogP contribution < -0.4 is 25.0 Å². The highest BCUT2D eigenvalue weighted by Gasteiger charge is 2.54. The molecular weight excluding hydrogens is 410 g/mol. The summed E-state index contributed by atoms with van der Waals surface area (Å²) < 4.78 is 15.9. The van der Waals surface area contributed by atoms with Crippen molar-refractivity contribution in [2.45, 2.75) is 44.5 Å². The van der Waals surface area contributed by atoms with E-state index in [-0.39, 0.29) is 11.8 Å². The van der Waals surface area contributed by atoms with Crippen LogP contribution in [-0.2, 0) is 14.3 Å². The van der Waals surface area contributed by atoms with E-state index < -0.39 is 23.7 Å². The van der Waals surface area contributed by atoms with Gasteiger partial charge < -0.3 is 29.7 Å². The van der Waals surface area contributed by atoms with Crippen LogP contribution >= 0.6 is 0 Å². The molecule has 1 aliphatic rings. The zero-order valence-electron chi connectivity index (χ0n) is 19.3. The van der Waals surface area contributed by atoms with Crippen LogP contribution in [0, 0.1) is 0 Å². The molecule has 0 radical (unpaired) electrons. The molecule has 1 fully saturated rings. The van der Waals surface area contributed by atoms with Gasteiger partial charge in [-0.2, -0.15) is 0 Å². The van der Waals surface area contributed by atoms with Gasteiger partial charge in [0, 0.05) is 24.0 Å². The maximum absolute atomic E-state index is 13.4. The number of hydrogen-bond acceptors (Lipinski definition) is 6. The van der Waals surface area contributed by atoms with Crippen molar-refractivity contribution in [3.05, 3.63) is 48.5 Å². The van der Waals surface area contributed by atoms with E-state index in [9.17, 15) is 9.59 Å². The Kier molecular flexibility index (Phi) is 6.93. The summed E-state index contributed by atoms with van der Waals surface area (Å²) in [5, 5.41) is 6.32. The van der Waals surface area contributed by atoms with E-state index in [1.807, 2.05) is 45.0 Å². The Labute approximate surface area is 188 Å². The largest absolute Gasteiger partial charge is 0.497 e. The molecule has 172 valence electrons. The van der Waals surface area contributed by atoms with Crippen LogP contribution in [0.4, 0.5) is 11.4 Å². The molecule has 0 spiro atoms. The molecule has 2 amide bonds. The first-order valence-electron chi connectivity index (χ1n) is 10.4. The maximum Gasteiger partial charge on any atom is 0.258 e. The highest BCUT2D eigenvalue weighted by molar-refractivity contribution is 6.07. The molecule has 0 aromatic heterocycles. The molecule has 0 unspecified atom stereocenters. The number of carbonyl (C=O) groups excluding carboxylic acids is 2. The van der Waals surface area contributed by atoms with E-state index in [4.69, 9.17) is 14.2 Å². The monoisotopic (exact) mass is 441 g/mol. The SMILES string of the molecule is COc1ccc(N[C@H](C(=O)NC(C)(C)C)[C@H]2[C@@H](OC)C(=O)N2c2ccc(OC)cc2)cc1. The molecule has 1 aliphatic heterocycles. The smallest absolute Gasteiger partial charge is 0.258 e. The fourth-order valence-electron chi connectivity index (χ4n) is 3.71. The standard InChI is InChI=1S/C24H31N3O5/c1-24(2,3)26-22(28)19(25-15-7-11-17(30-4)12-8-15)20-21(32-6)23(29)27(20)16-9-13-18(31-5)14-10-16/h7-14,19-21,25H,1-6H3,(H,26,28)/t19-,20-,21+/m0/s1. The van der Waals surface area contributed by atoms with Crippen molar-refractivity contribution >= 4 is 23.2 Å². The Balaban J connectivity index is 1.96. The van der Waals surface area contributed by atoms with E-state index in [0.717, 1.165) is 5.69 Å². The van der Waals surface area contributed by atoms with Gasteiger partial charge in [-0.1, -0.05) is 0 Å². The van der Waals surface area contributed by atoms with Crippen molar-refractivity contribution in [3.63, 3.8) is 0 Å². The summed E-state index contributed by atoms with van der Waals surface area (Å²) in [6.45, 7) is 5.74. The number of methoxy groups -OCH3 is 3. The molecule has 1 heterocycles. The third-order valence-electron chi connectivity index (χ3n) is 5.23. The van der Waals surface area contributed by atoms with E-state index in [1.54, 1.807) is 43.4 Å². The Hall–Kier alpha value is -3.26. The summed E-state index contributed by atoms with van der Waals surface area (Å²) in [5.74, 6) is 0.957. The Morgan fingerprint density at radius 1 is 0.938 bits per heavy atom. The molecule has 2 aromatic carbocycles. The van der Waals surface area contributed by atoms with Gasteiger partial charge in [0.15, 0.2) is 6.10 Å². The minimum atomic E-state index is -0.757. The molecule has 8 nitrogen and oxygen atoms in total. The molecule has 8 heteroatoms. The number of nitrogens with zero attached hydrogens (tertiary/aromatic N) is 1. The first kappa shape index (κ1) is 23.4. The minimum absolute atomic E-state index is 0.201. The first-order valence-corrected chi connectivity index (χ1v) is 10.4. The van der Waals surface area contributed by atoms with Crippen molar-refractivity contribution in [1.82, 2.24) is 5.32 Å². The lowest BCUT2D eigenvalue weighted by Crippen LogP contribution is -2.74. The molecule has 0 aliphatic carbocycles. The second-order valence-corrected chi connectivity index (χ2v) is 8.64. The van der Waals surface area contributed by atoms with Crippen molar-refractivity contribution in [2.24, 2.45) is 0 Å². The highest BCUT2D eigenvalue weighted by Crippen LogP contribution is 2.34. The number of benzene rings is 2. The van der Waals surface area contributed by atoms with Crippen molar-refractivity contribution in [3.8, 4) is 11.5 Å². The average molecular weight is 442 g/mol. The van der Waals surface area contributed by atoms with Crippen molar-refractivity contribution in [2.75, 3.05) is 31.5 Å². The zero-order chi connectivity index (χ0) is 23.5. The number of hydrogen-bond donors (Lipinski definition) is 2. The molecule has 0 saturated carbocycles. The van der Waals surface area contributed by atoms with Gasteiger partial charge in [0.2, 0.25) is 5.91 Å². The van der Waals surface area contributed by atoms with Crippen LogP contribution in [0.3, 0.4) is 0 Å². The van der Waals surface area contributed by atoms with Crippen molar-refractivity contribution < 1.29 is 23.8 Å². The van der Waals surface area contributed by atoms with Gasteiger partial charge in [0.05, 0.1) is 14.2 Å². The Morgan fingerprint density at radius 3 is 1.94 bits per heavy atom. The summed E-state index contributed by atoms with van der Waals surface area (Å²) in [6.07, 6.45) is -0.751. The second kappa shape index (κ2) is 9.48. The van der Waals surface area contributed by atoms with Gasteiger partial charge in [-0.3, -0.25) is 9.59 Å². The predicted octanol–water partition coefficient (Wildman–Crippen LogP) is 2.83. The third-order valence-corrected chi connectivity index (χ3v) is 5.23. The maximum atomic E-state index is 13.4. The second-order valence-electron chi connectivity index (χ2n) is 8.64. The predicted molar refractivity (Wildman–Crippen MR) is 123 cm³/mol. The molecule has 2 aromatic rings. The van der Waals surface area contributed by atoms with E-state index in [1.165, 1.54) is 7.11 Å². The molecule has 3 rings (SSSR count). The zero-order valence-corrected chi connectivity index (χ0v) is 19.3. The first-order chi connectivity index (χ1) is 15.2. The number of β-lactam (4-membered cyclic amide) rings is 1. The van der Waals surface area contributed by atoms with Crippen LogP contribution in [0.5, 0.6) is 11.5 Å². The van der Waals surface area contributed by atoms with Gasteiger partial charge in [-0.25, -0.2) is 0 Å². The minimum Gasteiger partial charge on any atom is -0.497 e. The van der Waals surface area contributed by atoms with Crippen molar-refractivity contribution in [1.29, 1.82) is 0 Å². The number of ether oxygens (including phenoxy) is 3. The summed E-state index contributed by atoms with van der Waals surface area (Å²) in [6, 6.07) is 13.1. The number of anilines is 2. The highest BCUT2D eigenvalue weighted by atomic mass is 16.5. The number of amides is 2. The topological polar surface area (TPSA) is 89.1 Å². The van der Waals surface area contributed by atoms with E-state index in [0.29, 0.717) is 17.2 Å².